The molecule has 0 aromatic rings. The molecule has 19 heavy (non-hydrogen) atoms. The van der Waals surface area contributed by atoms with Gasteiger partial charge in [-0.1, -0.05) is 0 Å². The van der Waals surface area contributed by atoms with Gasteiger partial charge in [0.25, 0.3) is 0 Å². The second-order valence-corrected chi connectivity index (χ2v) is 8.03. The molecule has 2 N–H and O–H groups in total. The van der Waals surface area contributed by atoms with Crippen LogP contribution in [0, 0.1) is 0 Å². The van der Waals surface area contributed by atoms with Gasteiger partial charge in [-0.05, 0) is 13.2 Å². The molecule has 0 aliphatic heterocycles. The molecule has 0 aliphatic carbocycles. The van der Waals surface area contributed by atoms with Gasteiger partial charge in [-0.15, -0.1) is 0 Å². The predicted octanol–water partition coefficient (Wildman–Crippen LogP) is 4.12. The van der Waals surface area contributed by atoms with Gasteiger partial charge in [0.1, 0.15) is 0 Å². The fourth-order valence-corrected chi connectivity index (χ4v) is 4.89. The third kappa shape index (κ3) is 45.9. The first kappa shape index (κ1) is 24.2. The van der Waals surface area contributed by atoms with Crippen LogP contribution >= 0.6 is 0 Å². The average molecular weight is 415 g/mol. The van der Waals surface area contributed by atoms with Crippen molar-refractivity contribution in [3.05, 3.63) is 25.0 Å². The van der Waals surface area contributed by atoms with Crippen molar-refractivity contribution in [2.75, 3.05) is 0 Å². The molecular formula is C12H24O4S2Sn. The van der Waals surface area contributed by atoms with E-state index in [0.29, 0.717) is 0 Å². The van der Waals surface area contributed by atoms with Gasteiger partial charge in [-0.25, -0.2) is 0 Å². The molecule has 4 nitrogen and oxygen atoms in total. The standard InChI is InChI=1S/2C4H9.2C2H4O2S.Sn/c2*1-3-4-2;2*1-2(3)4-5;/h2*1,3-4H2,2H3;2*3,5H,1H2;/q;;;;+2/p-2. The Morgan fingerprint density at radius 2 is 1.21 bits per heavy atom. The molecule has 0 bridgehead atoms. The van der Waals surface area contributed by atoms with E-state index in [1.165, 1.54) is 25.7 Å². The van der Waals surface area contributed by atoms with Crippen molar-refractivity contribution in [3.63, 3.8) is 0 Å². The predicted molar refractivity (Wildman–Crippen MR) is 85.6 cm³/mol. The van der Waals surface area contributed by atoms with Crippen LogP contribution in [-0.4, -0.2) is 31.4 Å². The van der Waals surface area contributed by atoms with Gasteiger partial charge in [-0.3, -0.25) is 0 Å². The van der Waals surface area contributed by atoms with Crippen LogP contribution in [0.15, 0.2) is 25.0 Å². The molecule has 7 heteroatoms. The van der Waals surface area contributed by atoms with E-state index in [1.54, 1.807) is 8.87 Å². The molecule has 0 aromatic heterocycles. The molecule has 0 amide bonds. The van der Waals surface area contributed by atoms with E-state index in [1.807, 2.05) is 0 Å². The van der Waals surface area contributed by atoms with E-state index in [4.69, 9.17) is 10.2 Å². The number of hydrogen-bond donors (Lipinski definition) is 2. The maximum absolute atomic E-state index is 7.84. The maximum atomic E-state index is 7.84. The van der Waals surface area contributed by atoms with Crippen LogP contribution in [0.1, 0.15) is 39.5 Å². The SMILES string of the molecule is C=C(O)O[S-].C=C(O)O[S-].CCC[CH2][Sn+2][CH2]CCC. The first-order valence-electron chi connectivity index (χ1n) is 6.02. The number of aliphatic hydroxyl groups is 2. The summed E-state index contributed by atoms with van der Waals surface area (Å²) >= 11 is 7.80. The molecule has 0 atom stereocenters. The Morgan fingerprint density at radius 3 is 1.37 bits per heavy atom. The molecule has 0 rings (SSSR count). The molecule has 0 aliphatic rings. The monoisotopic (exact) mass is 416 g/mol. The average Bonchev–Trinajstić information content (AvgIpc) is 2.40. The van der Waals surface area contributed by atoms with Crippen LogP contribution in [-0.2, 0) is 34.2 Å². The summed E-state index contributed by atoms with van der Waals surface area (Å²) in [5, 5.41) is 15.7. The van der Waals surface area contributed by atoms with Crippen LogP contribution in [0.5, 0.6) is 0 Å². The molecule has 0 spiro atoms. The number of aliphatic hydroxyl groups excluding tert-OH is 2. The van der Waals surface area contributed by atoms with Crippen LogP contribution in [0.2, 0.25) is 8.87 Å². The first-order chi connectivity index (χ1) is 8.95. The van der Waals surface area contributed by atoms with E-state index >= 15 is 0 Å². The Labute approximate surface area is 138 Å². The Morgan fingerprint density at radius 1 is 0.947 bits per heavy atom. The first-order valence-corrected chi connectivity index (χ1v) is 10.7. The van der Waals surface area contributed by atoms with E-state index < -0.39 is 11.9 Å². The van der Waals surface area contributed by atoms with Crippen LogP contribution in [0.25, 0.3) is 0 Å². The zero-order valence-corrected chi connectivity index (χ0v) is 16.2. The van der Waals surface area contributed by atoms with Gasteiger partial charge in [0.15, 0.2) is 0 Å². The van der Waals surface area contributed by atoms with Gasteiger partial charge in [-0.2, -0.15) is 0 Å². The number of hydrogen-bond acceptors (Lipinski definition) is 6. The summed E-state index contributed by atoms with van der Waals surface area (Å²) in [6, 6.07) is 0. The van der Waals surface area contributed by atoms with Gasteiger partial charge in [0.2, 0.25) is 11.9 Å². The minimum absolute atomic E-state index is 0.149. The minimum atomic E-state index is -0.431. The van der Waals surface area contributed by atoms with Gasteiger partial charge in [0.05, 0.1) is 0 Å². The second-order valence-electron chi connectivity index (χ2n) is 3.41. The molecule has 0 aromatic carbocycles. The van der Waals surface area contributed by atoms with E-state index in [9.17, 15) is 0 Å². The molecule has 0 saturated heterocycles. The van der Waals surface area contributed by atoms with Crippen molar-refractivity contribution in [2.24, 2.45) is 0 Å². The summed E-state index contributed by atoms with van der Waals surface area (Å²) < 4.78 is 10.6. The van der Waals surface area contributed by atoms with Crippen LogP contribution < -0.4 is 0 Å². The molecule has 0 unspecified atom stereocenters. The van der Waals surface area contributed by atoms with E-state index in [0.717, 1.165) is 0 Å². The summed E-state index contributed by atoms with van der Waals surface area (Å²) in [6.45, 7) is 10.4. The van der Waals surface area contributed by atoms with Crippen molar-refractivity contribution in [1.29, 1.82) is 0 Å². The Bertz CT molecular complexity index is 184. The zero-order chi connectivity index (χ0) is 15.5. The molecule has 0 saturated carbocycles. The van der Waals surface area contributed by atoms with Gasteiger partial charge in [0, 0.05) is 0 Å². The van der Waals surface area contributed by atoms with Crippen molar-refractivity contribution in [1.82, 2.24) is 0 Å². The zero-order valence-electron chi connectivity index (χ0n) is 11.7. The Balaban J connectivity index is -0.000000219. The summed E-state index contributed by atoms with van der Waals surface area (Å²) in [6.07, 6.45) is 5.84. The van der Waals surface area contributed by atoms with E-state index in [-0.39, 0.29) is 21.1 Å². The number of rotatable bonds is 8. The third-order valence-corrected chi connectivity index (χ3v) is 6.03. The van der Waals surface area contributed by atoms with E-state index in [2.05, 4.69) is 61.2 Å². The summed E-state index contributed by atoms with van der Waals surface area (Å²) in [4.78, 5) is 0. The van der Waals surface area contributed by atoms with Gasteiger partial charge >= 0.3 is 69.5 Å². The molecule has 0 radical (unpaired) electrons. The molecular weight excluding hydrogens is 391 g/mol. The van der Waals surface area contributed by atoms with Crippen molar-refractivity contribution in [3.8, 4) is 0 Å². The Kier molecular flexibility index (Phi) is 29.7. The van der Waals surface area contributed by atoms with Crippen LogP contribution in [0.3, 0.4) is 0 Å². The third-order valence-electron chi connectivity index (χ3n) is 1.61. The quantitative estimate of drug-likeness (QED) is 0.269. The second kappa shape index (κ2) is 23.3. The topological polar surface area (TPSA) is 58.9 Å². The fraction of sp³-hybridized carbons (Fsp3) is 0.667. The van der Waals surface area contributed by atoms with Crippen molar-refractivity contribution < 1.29 is 18.6 Å². The molecule has 0 heterocycles. The van der Waals surface area contributed by atoms with Gasteiger partial charge < -0.3 is 44.4 Å². The summed E-state index contributed by atoms with van der Waals surface area (Å²) in [5.41, 5.74) is 0. The van der Waals surface area contributed by atoms with Crippen LogP contribution in [0.4, 0.5) is 0 Å². The summed E-state index contributed by atoms with van der Waals surface area (Å²) in [5.74, 6) is -0.861. The number of unbranched alkanes of at least 4 members (excludes halogenated alkanes) is 2. The van der Waals surface area contributed by atoms with Crippen molar-refractivity contribution in [2.45, 2.75) is 48.4 Å². The normalized spacial score (nSPS) is 7.79. The Hall–Kier alpha value is 0.179. The summed E-state index contributed by atoms with van der Waals surface area (Å²) in [7, 11) is 0. The molecule has 112 valence electrons. The fourth-order valence-electron chi connectivity index (χ4n) is 0.729. The molecule has 0 fully saturated rings. The van der Waals surface area contributed by atoms with Crippen molar-refractivity contribution >= 4 is 47.0 Å².